The summed E-state index contributed by atoms with van der Waals surface area (Å²) in [5, 5.41) is 0. The van der Waals surface area contributed by atoms with Gasteiger partial charge in [-0.1, -0.05) is 0 Å². The number of furan rings is 1. The summed E-state index contributed by atoms with van der Waals surface area (Å²) in [5.74, 6) is 7.55. The lowest BCUT2D eigenvalue weighted by molar-refractivity contribution is 0.0466. The van der Waals surface area contributed by atoms with Crippen molar-refractivity contribution in [1.29, 1.82) is 0 Å². The van der Waals surface area contributed by atoms with Crippen molar-refractivity contribution >= 4 is 11.8 Å². The zero-order chi connectivity index (χ0) is 9.80. The molecule has 0 amide bonds. The van der Waals surface area contributed by atoms with Gasteiger partial charge in [0.2, 0.25) is 0 Å². The molecular weight excluding hydrogens is 200 g/mol. The van der Waals surface area contributed by atoms with Crippen LogP contribution in [0.3, 0.4) is 0 Å². The van der Waals surface area contributed by atoms with Gasteiger partial charge in [-0.05, 0) is 6.07 Å². The Kier molecular flexibility index (Phi) is 3.47. The number of nitrogens with two attached hydrogens (primary N) is 1. The summed E-state index contributed by atoms with van der Waals surface area (Å²) < 4.78 is 10.7. The second kappa shape index (κ2) is 4.84. The van der Waals surface area contributed by atoms with Gasteiger partial charge in [0.1, 0.15) is 0 Å². The standard InChI is InChI=1S/C9H14N2O2S/c10-11-9(7-1-2-12-5-7)8-6-14-4-3-13-8/h1-2,5,8-9,11H,3-4,6,10H2. The molecule has 1 aliphatic heterocycles. The van der Waals surface area contributed by atoms with E-state index in [2.05, 4.69) is 5.43 Å². The molecule has 1 fully saturated rings. The lowest BCUT2D eigenvalue weighted by atomic mass is 10.1. The second-order valence-corrected chi connectivity index (χ2v) is 4.34. The van der Waals surface area contributed by atoms with Crippen LogP contribution in [0.15, 0.2) is 23.0 Å². The molecule has 0 saturated carbocycles. The van der Waals surface area contributed by atoms with E-state index in [9.17, 15) is 0 Å². The third-order valence-electron chi connectivity index (χ3n) is 2.30. The summed E-state index contributed by atoms with van der Waals surface area (Å²) in [4.78, 5) is 0. The Morgan fingerprint density at radius 2 is 2.57 bits per heavy atom. The molecule has 2 unspecified atom stereocenters. The summed E-state index contributed by atoms with van der Waals surface area (Å²) in [5.41, 5.74) is 3.82. The maximum Gasteiger partial charge on any atom is 0.0951 e. The maximum absolute atomic E-state index is 5.65. The number of rotatable bonds is 3. The van der Waals surface area contributed by atoms with Crippen LogP contribution in [0.25, 0.3) is 0 Å². The fourth-order valence-corrected chi connectivity index (χ4v) is 2.47. The first-order valence-corrected chi connectivity index (χ1v) is 5.75. The van der Waals surface area contributed by atoms with Gasteiger partial charge in [-0.15, -0.1) is 0 Å². The van der Waals surface area contributed by atoms with E-state index in [0.717, 1.165) is 23.7 Å². The third-order valence-corrected chi connectivity index (χ3v) is 3.31. The van der Waals surface area contributed by atoms with Gasteiger partial charge in [0.25, 0.3) is 0 Å². The molecule has 0 spiro atoms. The van der Waals surface area contributed by atoms with Gasteiger partial charge < -0.3 is 9.15 Å². The molecule has 0 radical (unpaired) electrons. The largest absolute Gasteiger partial charge is 0.472 e. The van der Waals surface area contributed by atoms with Crippen molar-refractivity contribution in [2.75, 3.05) is 18.1 Å². The quantitative estimate of drug-likeness (QED) is 0.578. The normalized spacial score (nSPS) is 24.8. The first-order valence-electron chi connectivity index (χ1n) is 4.59. The Labute approximate surface area is 87.1 Å². The fraction of sp³-hybridized carbons (Fsp3) is 0.556. The smallest absolute Gasteiger partial charge is 0.0951 e. The summed E-state index contributed by atoms with van der Waals surface area (Å²) in [6.45, 7) is 0.797. The predicted octanol–water partition coefficient (Wildman–Crippen LogP) is 0.916. The van der Waals surface area contributed by atoms with Crippen LogP contribution in [0, 0.1) is 0 Å². The van der Waals surface area contributed by atoms with E-state index in [4.69, 9.17) is 15.0 Å². The number of hydrogen-bond donors (Lipinski definition) is 2. The molecule has 0 aliphatic carbocycles. The first-order chi connectivity index (χ1) is 6.92. The van der Waals surface area contributed by atoms with Gasteiger partial charge >= 0.3 is 0 Å². The topological polar surface area (TPSA) is 60.4 Å². The molecule has 1 saturated heterocycles. The van der Waals surface area contributed by atoms with Gasteiger partial charge in [0, 0.05) is 17.1 Å². The Bertz CT molecular complexity index is 260. The number of thioether (sulfide) groups is 1. The lowest BCUT2D eigenvalue weighted by Gasteiger charge is -2.28. The zero-order valence-electron chi connectivity index (χ0n) is 7.81. The summed E-state index contributed by atoms with van der Waals surface area (Å²) in [6, 6.07) is 1.94. The average Bonchev–Trinajstić information content (AvgIpc) is 2.74. The molecule has 4 nitrogen and oxygen atoms in total. The van der Waals surface area contributed by atoms with E-state index in [0.29, 0.717) is 0 Å². The molecule has 0 bridgehead atoms. The molecule has 2 rings (SSSR count). The lowest BCUT2D eigenvalue weighted by Crippen LogP contribution is -2.41. The minimum absolute atomic E-state index is 0.0292. The van der Waals surface area contributed by atoms with Crippen LogP contribution >= 0.6 is 11.8 Å². The summed E-state index contributed by atoms with van der Waals surface area (Å²) >= 11 is 1.89. The van der Waals surface area contributed by atoms with E-state index < -0.39 is 0 Å². The van der Waals surface area contributed by atoms with Gasteiger partial charge in [-0.25, -0.2) is 0 Å². The SMILES string of the molecule is NNC(c1ccoc1)C1CSCCO1. The number of ether oxygens (including phenoxy) is 1. The number of nitrogens with one attached hydrogen (secondary N) is 1. The highest BCUT2D eigenvalue weighted by molar-refractivity contribution is 7.99. The van der Waals surface area contributed by atoms with Gasteiger partial charge in [-0.2, -0.15) is 11.8 Å². The van der Waals surface area contributed by atoms with Crippen LogP contribution in [-0.4, -0.2) is 24.2 Å². The van der Waals surface area contributed by atoms with Crippen molar-refractivity contribution in [3.05, 3.63) is 24.2 Å². The van der Waals surface area contributed by atoms with Gasteiger partial charge in [0.05, 0.1) is 31.3 Å². The number of hydrogen-bond acceptors (Lipinski definition) is 5. The van der Waals surface area contributed by atoms with Crippen molar-refractivity contribution in [2.45, 2.75) is 12.1 Å². The molecule has 3 N–H and O–H groups in total. The van der Waals surface area contributed by atoms with E-state index in [-0.39, 0.29) is 12.1 Å². The molecule has 0 aromatic carbocycles. The Balaban J connectivity index is 2.04. The second-order valence-electron chi connectivity index (χ2n) is 3.19. The van der Waals surface area contributed by atoms with E-state index in [1.165, 1.54) is 0 Å². The van der Waals surface area contributed by atoms with Crippen LogP contribution in [0.4, 0.5) is 0 Å². The highest BCUT2D eigenvalue weighted by Gasteiger charge is 2.25. The number of hydrazine groups is 1. The van der Waals surface area contributed by atoms with Crippen molar-refractivity contribution in [2.24, 2.45) is 5.84 Å². The van der Waals surface area contributed by atoms with Crippen LogP contribution in [0.1, 0.15) is 11.6 Å². The average molecular weight is 214 g/mol. The Morgan fingerprint density at radius 1 is 1.64 bits per heavy atom. The highest BCUT2D eigenvalue weighted by atomic mass is 32.2. The fourth-order valence-electron chi connectivity index (χ4n) is 1.57. The van der Waals surface area contributed by atoms with Crippen molar-refractivity contribution in [3.8, 4) is 0 Å². The van der Waals surface area contributed by atoms with Crippen LogP contribution in [-0.2, 0) is 4.74 Å². The third kappa shape index (κ3) is 2.12. The van der Waals surface area contributed by atoms with Gasteiger partial charge in [0.15, 0.2) is 0 Å². The molecule has 1 aromatic rings. The maximum atomic E-state index is 5.65. The molecule has 14 heavy (non-hydrogen) atoms. The monoisotopic (exact) mass is 214 g/mol. The molecule has 2 heterocycles. The summed E-state index contributed by atoms with van der Waals surface area (Å²) in [6.07, 6.45) is 3.49. The zero-order valence-corrected chi connectivity index (χ0v) is 8.63. The predicted molar refractivity (Wildman–Crippen MR) is 55.8 cm³/mol. The van der Waals surface area contributed by atoms with Crippen LogP contribution < -0.4 is 11.3 Å². The van der Waals surface area contributed by atoms with E-state index >= 15 is 0 Å². The molecule has 2 atom stereocenters. The van der Waals surface area contributed by atoms with Crippen molar-refractivity contribution in [1.82, 2.24) is 5.43 Å². The Hall–Kier alpha value is -0.490. The molecule has 78 valence electrons. The van der Waals surface area contributed by atoms with Crippen molar-refractivity contribution < 1.29 is 9.15 Å². The first kappa shape index (κ1) is 10.0. The highest BCUT2D eigenvalue weighted by Crippen LogP contribution is 2.25. The molecule has 5 heteroatoms. The molecular formula is C9H14N2O2S. The molecule has 1 aromatic heterocycles. The molecule has 1 aliphatic rings. The van der Waals surface area contributed by atoms with E-state index in [1.807, 2.05) is 17.8 Å². The van der Waals surface area contributed by atoms with Crippen molar-refractivity contribution in [3.63, 3.8) is 0 Å². The minimum Gasteiger partial charge on any atom is -0.472 e. The van der Waals surface area contributed by atoms with Gasteiger partial charge in [-0.3, -0.25) is 11.3 Å². The van der Waals surface area contributed by atoms with Crippen LogP contribution in [0.2, 0.25) is 0 Å². The summed E-state index contributed by atoms with van der Waals surface area (Å²) in [7, 11) is 0. The Morgan fingerprint density at radius 3 is 3.14 bits per heavy atom. The minimum atomic E-state index is 0.0292. The van der Waals surface area contributed by atoms with Crippen LogP contribution in [0.5, 0.6) is 0 Å². The van der Waals surface area contributed by atoms with E-state index in [1.54, 1.807) is 12.5 Å².